The summed E-state index contributed by atoms with van der Waals surface area (Å²) >= 11 is 0. The summed E-state index contributed by atoms with van der Waals surface area (Å²) in [5.74, 6) is 0. The highest BCUT2D eigenvalue weighted by Crippen LogP contribution is 2.18. The second kappa shape index (κ2) is 6.47. The fraction of sp³-hybridized carbons (Fsp3) is 0.385. The molecule has 0 aliphatic heterocycles. The molecule has 13 heavy (non-hydrogen) atoms. The second-order valence-electron chi connectivity index (χ2n) is 2.77. The van der Waals surface area contributed by atoms with Crippen molar-refractivity contribution in [1.29, 1.82) is 0 Å². The Morgan fingerprint density at radius 2 is 1.77 bits per heavy atom. The van der Waals surface area contributed by atoms with E-state index in [1.54, 1.807) is 0 Å². The van der Waals surface area contributed by atoms with Crippen molar-refractivity contribution in [1.82, 2.24) is 0 Å². The fourth-order valence-corrected chi connectivity index (χ4v) is 1.16. The highest BCUT2D eigenvalue weighted by Gasteiger charge is 1.97. The van der Waals surface area contributed by atoms with Crippen LogP contribution in [-0.2, 0) is 0 Å². The lowest BCUT2D eigenvalue weighted by atomic mass is 10.0. The van der Waals surface area contributed by atoms with Gasteiger partial charge in [-0.05, 0) is 30.0 Å². The summed E-state index contributed by atoms with van der Waals surface area (Å²) in [6.45, 7) is 12.3. The summed E-state index contributed by atoms with van der Waals surface area (Å²) in [5, 5.41) is 0. The second-order valence-corrected chi connectivity index (χ2v) is 2.77. The van der Waals surface area contributed by atoms with Crippen LogP contribution in [0, 0.1) is 6.92 Å². The van der Waals surface area contributed by atoms with E-state index in [1.165, 1.54) is 16.7 Å². The van der Waals surface area contributed by atoms with Gasteiger partial charge < -0.3 is 0 Å². The molecule has 0 spiro atoms. The molecular formula is C13H20. The normalized spacial score (nSPS) is 8.62. The lowest BCUT2D eigenvalue weighted by Gasteiger charge is -2.05. The van der Waals surface area contributed by atoms with Crippen LogP contribution in [-0.4, -0.2) is 0 Å². The maximum Gasteiger partial charge on any atom is -0.0201 e. The van der Waals surface area contributed by atoms with Crippen molar-refractivity contribution in [3.8, 4) is 0 Å². The molecule has 0 atom stereocenters. The number of aryl methyl sites for hydroxylation is 1. The minimum absolute atomic E-state index is 1.03. The largest absolute Gasteiger partial charge is 0.0952 e. The Morgan fingerprint density at radius 3 is 2.23 bits per heavy atom. The van der Waals surface area contributed by atoms with Crippen molar-refractivity contribution in [3.63, 3.8) is 0 Å². The molecule has 0 heterocycles. The molecule has 0 N–H and O–H groups in total. The first-order chi connectivity index (χ1) is 6.25. The molecule has 0 saturated carbocycles. The number of benzene rings is 1. The monoisotopic (exact) mass is 176 g/mol. The van der Waals surface area contributed by atoms with Gasteiger partial charge in [0.15, 0.2) is 0 Å². The molecule has 0 aliphatic carbocycles. The van der Waals surface area contributed by atoms with Gasteiger partial charge in [-0.3, -0.25) is 0 Å². The number of allylic oxidation sites excluding steroid dienone is 1. The van der Waals surface area contributed by atoms with Gasteiger partial charge >= 0.3 is 0 Å². The van der Waals surface area contributed by atoms with Crippen LogP contribution in [0.1, 0.15) is 38.3 Å². The van der Waals surface area contributed by atoms with E-state index in [9.17, 15) is 0 Å². The summed E-state index contributed by atoms with van der Waals surface area (Å²) in [4.78, 5) is 0. The predicted molar refractivity (Wildman–Crippen MR) is 61.9 cm³/mol. The van der Waals surface area contributed by atoms with Crippen LogP contribution in [0.15, 0.2) is 30.8 Å². The van der Waals surface area contributed by atoms with Crippen molar-refractivity contribution < 1.29 is 0 Å². The third kappa shape index (κ3) is 3.45. The zero-order valence-electron chi connectivity index (χ0n) is 9.22. The maximum absolute atomic E-state index is 4.00. The quantitative estimate of drug-likeness (QED) is 0.624. The summed E-state index contributed by atoms with van der Waals surface area (Å²) in [6.07, 6.45) is 1.03. The van der Waals surface area contributed by atoms with Crippen LogP contribution in [0.2, 0.25) is 0 Å². The first-order valence-electron chi connectivity index (χ1n) is 4.99. The highest BCUT2D eigenvalue weighted by atomic mass is 14.0. The molecule has 0 fully saturated rings. The predicted octanol–water partition coefficient (Wildman–Crippen LogP) is 4.44. The van der Waals surface area contributed by atoms with Crippen LogP contribution in [0.4, 0.5) is 0 Å². The average molecular weight is 176 g/mol. The van der Waals surface area contributed by atoms with E-state index in [-0.39, 0.29) is 0 Å². The van der Waals surface area contributed by atoms with Gasteiger partial charge in [0.1, 0.15) is 0 Å². The molecule has 0 heteroatoms. The Balaban J connectivity index is 0.000000671. The molecule has 0 unspecified atom stereocenters. The van der Waals surface area contributed by atoms with Gasteiger partial charge in [0.2, 0.25) is 0 Å². The first-order valence-corrected chi connectivity index (χ1v) is 4.99. The molecule has 1 aromatic rings. The molecule has 0 radical (unpaired) electrons. The van der Waals surface area contributed by atoms with Gasteiger partial charge in [-0.1, -0.05) is 51.6 Å². The number of hydrogen-bond donors (Lipinski definition) is 0. The van der Waals surface area contributed by atoms with Crippen LogP contribution >= 0.6 is 0 Å². The third-order valence-corrected chi connectivity index (χ3v) is 1.95. The molecule has 0 aromatic heterocycles. The van der Waals surface area contributed by atoms with Gasteiger partial charge in [-0.15, -0.1) is 0 Å². The number of hydrogen-bond acceptors (Lipinski definition) is 0. The number of rotatable bonds is 2. The summed E-state index contributed by atoms with van der Waals surface area (Å²) in [7, 11) is 0. The van der Waals surface area contributed by atoms with E-state index >= 15 is 0 Å². The summed E-state index contributed by atoms with van der Waals surface area (Å²) < 4.78 is 0. The summed E-state index contributed by atoms with van der Waals surface area (Å²) in [5.41, 5.74) is 3.84. The lowest BCUT2D eigenvalue weighted by molar-refractivity contribution is 1.23. The van der Waals surface area contributed by atoms with E-state index in [0.717, 1.165) is 6.42 Å². The molecule has 0 saturated heterocycles. The fourth-order valence-electron chi connectivity index (χ4n) is 1.16. The first kappa shape index (κ1) is 12.0. The van der Waals surface area contributed by atoms with Crippen molar-refractivity contribution in [3.05, 3.63) is 42.0 Å². The SMILES string of the molecule is C=C(CC)c1ccccc1C.CC. The van der Waals surface area contributed by atoms with Crippen molar-refractivity contribution in [2.24, 2.45) is 0 Å². The average Bonchev–Trinajstić information content (AvgIpc) is 2.20. The smallest absolute Gasteiger partial charge is 0.0201 e. The molecule has 1 rings (SSSR count). The van der Waals surface area contributed by atoms with E-state index in [0.29, 0.717) is 0 Å². The molecule has 1 aromatic carbocycles. The Bertz CT molecular complexity index is 258. The third-order valence-electron chi connectivity index (χ3n) is 1.95. The van der Waals surface area contributed by atoms with Crippen LogP contribution in [0.5, 0.6) is 0 Å². The van der Waals surface area contributed by atoms with Gasteiger partial charge in [0.05, 0.1) is 0 Å². The van der Waals surface area contributed by atoms with Gasteiger partial charge in [0.25, 0.3) is 0 Å². The van der Waals surface area contributed by atoms with Crippen LogP contribution < -0.4 is 0 Å². The Labute approximate surface area is 82.3 Å². The topological polar surface area (TPSA) is 0 Å². The standard InChI is InChI=1S/C11H14.C2H6/c1-4-9(2)11-8-6-5-7-10(11)3;1-2/h5-8H,2,4H2,1,3H3;1-2H3. The molecule has 0 aliphatic rings. The van der Waals surface area contributed by atoms with Crippen molar-refractivity contribution in [2.45, 2.75) is 34.1 Å². The zero-order valence-corrected chi connectivity index (χ0v) is 9.22. The Hall–Kier alpha value is -1.04. The van der Waals surface area contributed by atoms with Gasteiger partial charge in [0, 0.05) is 0 Å². The minimum atomic E-state index is 1.03. The van der Waals surface area contributed by atoms with Crippen molar-refractivity contribution >= 4 is 5.57 Å². The Morgan fingerprint density at radius 1 is 1.23 bits per heavy atom. The van der Waals surface area contributed by atoms with E-state index in [2.05, 4.69) is 44.7 Å². The lowest BCUT2D eigenvalue weighted by Crippen LogP contribution is -1.84. The maximum atomic E-state index is 4.00. The Kier molecular flexibility index (Phi) is 5.96. The van der Waals surface area contributed by atoms with Crippen LogP contribution in [0.3, 0.4) is 0 Å². The summed E-state index contributed by atoms with van der Waals surface area (Å²) in [6, 6.07) is 8.36. The van der Waals surface area contributed by atoms with Gasteiger partial charge in [-0.25, -0.2) is 0 Å². The van der Waals surface area contributed by atoms with Crippen molar-refractivity contribution in [2.75, 3.05) is 0 Å². The van der Waals surface area contributed by atoms with E-state index in [4.69, 9.17) is 0 Å². The molecule has 72 valence electrons. The minimum Gasteiger partial charge on any atom is -0.0952 e. The molecule has 0 bridgehead atoms. The van der Waals surface area contributed by atoms with E-state index < -0.39 is 0 Å². The molecule has 0 amide bonds. The van der Waals surface area contributed by atoms with E-state index in [1.807, 2.05) is 13.8 Å². The molecule has 0 nitrogen and oxygen atoms in total. The molecular weight excluding hydrogens is 156 g/mol. The van der Waals surface area contributed by atoms with Crippen LogP contribution in [0.25, 0.3) is 5.57 Å². The zero-order chi connectivity index (χ0) is 10.3. The van der Waals surface area contributed by atoms with Gasteiger partial charge in [-0.2, -0.15) is 0 Å². The highest BCUT2D eigenvalue weighted by molar-refractivity contribution is 5.65.